The number of hydrogen-bond acceptors (Lipinski definition) is 5. The van der Waals surface area contributed by atoms with Crippen molar-refractivity contribution in [3.8, 4) is 0 Å². The molecule has 1 aromatic heterocycles. The van der Waals surface area contributed by atoms with E-state index in [0.29, 0.717) is 6.42 Å². The molecule has 1 heterocycles. The van der Waals surface area contributed by atoms with E-state index in [-0.39, 0.29) is 24.5 Å². The van der Waals surface area contributed by atoms with Gasteiger partial charge in [0, 0.05) is 20.1 Å². The van der Waals surface area contributed by atoms with Crippen molar-refractivity contribution in [2.45, 2.75) is 25.8 Å². The number of methoxy groups -OCH3 is 1. The van der Waals surface area contributed by atoms with E-state index in [1.165, 1.54) is 13.4 Å². The first-order valence-corrected chi connectivity index (χ1v) is 5.57. The van der Waals surface area contributed by atoms with Crippen molar-refractivity contribution in [2.24, 2.45) is 0 Å². The van der Waals surface area contributed by atoms with E-state index < -0.39 is 17.8 Å². The Morgan fingerprint density at radius 2 is 2.33 bits per heavy atom. The minimum absolute atomic E-state index is 0.0923. The molecule has 2 N–H and O–H groups in total. The third kappa shape index (κ3) is 3.63. The number of hydrogen-bond donors (Lipinski definition) is 2. The summed E-state index contributed by atoms with van der Waals surface area (Å²) in [4.78, 5) is 18.5. The van der Waals surface area contributed by atoms with Crippen LogP contribution in [0.25, 0.3) is 0 Å². The van der Waals surface area contributed by atoms with Crippen molar-refractivity contribution in [3.05, 3.63) is 17.8 Å². The first-order valence-electron chi connectivity index (χ1n) is 5.57. The largest absolute Gasteiger partial charge is 0.480 e. The van der Waals surface area contributed by atoms with Crippen LogP contribution in [0.4, 0.5) is 10.2 Å². The molecule has 0 aromatic carbocycles. The van der Waals surface area contributed by atoms with Gasteiger partial charge in [-0.15, -0.1) is 0 Å². The van der Waals surface area contributed by atoms with Gasteiger partial charge in [-0.05, 0) is 6.42 Å². The Morgan fingerprint density at radius 1 is 1.61 bits per heavy atom. The van der Waals surface area contributed by atoms with Gasteiger partial charge in [-0.1, -0.05) is 6.92 Å². The molecule has 0 aliphatic carbocycles. The molecule has 18 heavy (non-hydrogen) atoms. The maximum absolute atomic E-state index is 13.8. The first-order chi connectivity index (χ1) is 8.60. The zero-order valence-corrected chi connectivity index (χ0v) is 10.3. The predicted octanol–water partition coefficient (Wildman–Crippen LogP) is 1.08. The zero-order valence-electron chi connectivity index (χ0n) is 10.3. The molecule has 0 bridgehead atoms. The summed E-state index contributed by atoms with van der Waals surface area (Å²) in [6.07, 6.45) is 1.84. The Balaban J connectivity index is 2.83. The van der Waals surface area contributed by atoms with Crippen LogP contribution in [-0.2, 0) is 16.0 Å². The van der Waals surface area contributed by atoms with E-state index in [4.69, 9.17) is 9.84 Å². The summed E-state index contributed by atoms with van der Waals surface area (Å²) >= 11 is 0. The van der Waals surface area contributed by atoms with E-state index in [9.17, 15) is 9.18 Å². The average Bonchev–Trinajstić information content (AvgIpc) is 2.36. The number of rotatable bonds is 7. The molecule has 0 aliphatic heterocycles. The maximum atomic E-state index is 13.8. The third-order valence-electron chi connectivity index (χ3n) is 2.42. The summed E-state index contributed by atoms with van der Waals surface area (Å²) in [6.45, 7) is 2.02. The first kappa shape index (κ1) is 14.3. The summed E-state index contributed by atoms with van der Waals surface area (Å²) in [5.41, 5.74) is 0.253. The normalized spacial score (nSPS) is 12.2. The number of anilines is 1. The fraction of sp³-hybridized carbons (Fsp3) is 0.545. The Hall–Kier alpha value is -1.76. The molecule has 0 saturated heterocycles. The van der Waals surface area contributed by atoms with Gasteiger partial charge in [0.1, 0.15) is 12.4 Å². The van der Waals surface area contributed by atoms with E-state index in [2.05, 4.69) is 15.3 Å². The number of aliphatic carboxylic acids is 1. The molecule has 1 aromatic rings. The highest BCUT2D eigenvalue weighted by atomic mass is 19.1. The molecule has 1 rings (SSSR count). The zero-order chi connectivity index (χ0) is 13.5. The molecule has 0 aliphatic rings. The van der Waals surface area contributed by atoms with Crippen LogP contribution >= 0.6 is 0 Å². The second-order valence-electron chi connectivity index (χ2n) is 3.65. The standard InChI is InChI=1S/C11H16FN3O3/c1-3-7-9(12)10(14-6-13-7)15-8(11(16)17)4-5-18-2/h6,8H,3-5H2,1-2H3,(H,16,17)(H,13,14,15). The summed E-state index contributed by atoms with van der Waals surface area (Å²) in [5, 5.41) is 11.5. The van der Waals surface area contributed by atoms with Gasteiger partial charge in [0.25, 0.3) is 0 Å². The van der Waals surface area contributed by atoms with Gasteiger partial charge in [0.15, 0.2) is 11.6 Å². The second-order valence-corrected chi connectivity index (χ2v) is 3.65. The number of carboxylic acid groups (broad SMARTS) is 1. The van der Waals surface area contributed by atoms with Gasteiger partial charge in [0.05, 0.1) is 5.69 Å². The molecule has 6 nitrogen and oxygen atoms in total. The highest BCUT2D eigenvalue weighted by Gasteiger charge is 2.20. The number of halogens is 1. The van der Waals surface area contributed by atoms with Gasteiger partial charge >= 0.3 is 5.97 Å². The van der Waals surface area contributed by atoms with Crippen LogP contribution < -0.4 is 5.32 Å². The van der Waals surface area contributed by atoms with Crippen LogP contribution in [0.2, 0.25) is 0 Å². The molecule has 1 atom stereocenters. The van der Waals surface area contributed by atoms with E-state index in [1.54, 1.807) is 6.92 Å². The fourth-order valence-electron chi connectivity index (χ4n) is 1.41. The lowest BCUT2D eigenvalue weighted by atomic mass is 10.2. The van der Waals surface area contributed by atoms with Crippen molar-refractivity contribution in [3.63, 3.8) is 0 Å². The van der Waals surface area contributed by atoms with Crippen LogP contribution in [-0.4, -0.2) is 40.8 Å². The Labute approximate surface area is 104 Å². The average molecular weight is 257 g/mol. The monoisotopic (exact) mass is 257 g/mol. The number of aryl methyl sites for hydroxylation is 1. The summed E-state index contributed by atoms with van der Waals surface area (Å²) in [6, 6.07) is -0.945. The SMILES string of the molecule is CCc1ncnc(NC(CCOC)C(=O)O)c1F. The molecule has 0 saturated carbocycles. The Kier molecular flexibility index (Phi) is 5.44. The number of nitrogens with zero attached hydrogens (tertiary/aromatic N) is 2. The topological polar surface area (TPSA) is 84.3 Å². The Morgan fingerprint density at radius 3 is 2.89 bits per heavy atom. The molecular formula is C11H16FN3O3. The molecule has 0 radical (unpaired) electrons. The minimum Gasteiger partial charge on any atom is -0.480 e. The number of carbonyl (C=O) groups is 1. The summed E-state index contributed by atoms with van der Waals surface area (Å²) < 4.78 is 18.6. The smallest absolute Gasteiger partial charge is 0.326 e. The number of carboxylic acids is 1. The summed E-state index contributed by atoms with van der Waals surface area (Å²) in [7, 11) is 1.47. The second kappa shape index (κ2) is 6.85. The number of aromatic nitrogens is 2. The van der Waals surface area contributed by atoms with Crippen LogP contribution in [0.15, 0.2) is 6.33 Å². The highest BCUT2D eigenvalue weighted by Crippen LogP contribution is 2.15. The van der Waals surface area contributed by atoms with Gasteiger partial charge in [-0.25, -0.2) is 19.2 Å². The summed E-state index contributed by atoms with van der Waals surface area (Å²) in [5.74, 6) is -1.78. The van der Waals surface area contributed by atoms with Crippen LogP contribution in [0, 0.1) is 5.82 Å². The highest BCUT2D eigenvalue weighted by molar-refractivity contribution is 5.76. The van der Waals surface area contributed by atoms with Crippen LogP contribution in [0.5, 0.6) is 0 Å². The Bertz CT molecular complexity index is 415. The third-order valence-corrected chi connectivity index (χ3v) is 2.42. The van der Waals surface area contributed by atoms with Crippen molar-refractivity contribution in [1.82, 2.24) is 9.97 Å². The van der Waals surface area contributed by atoms with E-state index in [1.807, 2.05) is 0 Å². The van der Waals surface area contributed by atoms with Gasteiger partial charge in [-0.2, -0.15) is 0 Å². The van der Waals surface area contributed by atoms with Crippen molar-refractivity contribution in [2.75, 3.05) is 19.0 Å². The maximum Gasteiger partial charge on any atom is 0.326 e. The number of nitrogens with one attached hydrogen (secondary N) is 1. The van der Waals surface area contributed by atoms with Gasteiger partial charge < -0.3 is 15.2 Å². The quantitative estimate of drug-likeness (QED) is 0.760. The lowest BCUT2D eigenvalue weighted by Crippen LogP contribution is -2.31. The van der Waals surface area contributed by atoms with Crippen molar-refractivity contribution < 1.29 is 19.0 Å². The number of ether oxygens (including phenoxy) is 1. The van der Waals surface area contributed by atoms with Gasteiger partial charge in [0.2, 0.25) is 0 Å². The van der Waals surface area contributed by atoms with E-state index >= 15 is 0 Å². The van der Waals surface area contributed by atoms with Crippen LogP contribution in [0.1, 0.15) is 19.0 Å². The fourth-order valence-corrected chi connectivity index (χ4v) is 1.41. The molecule has 0 spiro atoms. The molecule has 100 valence electrons. The minimum atomic E-state index is -1.08. The molecular weight excluding hydrogens is 241 g/mol. The lowest BCUT2D eigenvalue weighted by Gasteiger charge is -2.15. The molecule has 0 amide bonds. The lowest BCUT2D eigenvalue weighted by molar-refractivity contribution is -0.138. The van der Waals surface area contributed by atoms with Crippen LogP contribution in [0.3, 0.4) is 0 Å². The van der Waals surface area contributed by atoms with Crippen molar-refractivity contribution in [1.29, 1.82) is 0 Å². The van der Waals surface area contributed by atoms with Crippen molar-refractivity contribution >= 4 is 11.8 Å². The molecule has 7 heteroatoms. The molecule has 1 unspecified atom stereocenters. The van der Waals surface area contributed by atoms with E-state index in [0.717, 1.165) is 0 Å². The van der Waals surface area contributed by atoms with Gasteiger partial charge in [-0.3, -0.25) is 0 Å². The predicted molar refractivity (Wildman–Crippen MR) is 62.9 cm³/mol. The molecule has 0 fully saturated rings.